The van der Waals surface area contributed by atoms with E-state index in [9.17, 15) is 0 Å². The molecule has 19 heavy (non-hydrogen) atoms. The Bertz CT molecular complexity index is 434. The van der Waals surface area contributed by atoms with Crippen LogP contribution in [0.4, 0.5) is 11.8 Å². The average molecular weight is 327 g/mol. The number of hydrogen-bond acceptors (Lipinski definition) is 4. The summed E-state index contributed by atoms with van der Waals surface area (Å²) in [6.45, 7) is 9.33. The van der Waals surface area contributed by atoms with Gasteiger partial charge in [-0.1, -0.05) is 27.7 Å². The van der Waals surface area contributed by atoms with E-state index in [1.54, 1.807) is 6.07 Å². The van der Waals surface area contributed by atoms with Gasteiger partial charge in [-0.25, -0.2) is 4.98 Å². The summed E-state index contributed by atoms with van der Waals surface area (Å²) in [6.07, 6.45) is 3.51. The van der Waals surface area contributed by atoms with E-state index in [-0.39, 0.29) is 0 Å². The highest BCUT2D eigenvalue weighted by Crippen LogP contribution is 2.46. The van der Waals surface area contributed by atoms with Gasteiger partial charge in [0, 0.05) is 12.1 Å². The van der Waals surface area contributed by atoms with Crippen LogP contribution in [-0.2, 0) is 0 Å². The third-order valence-electron chi connectivity index (χ3n) is 3.60. The first kappa shape index (κ1) is 14.6. The standard InChI is InChI=1S/C14H23BrN4/c1-13(2)6-9(7-14(3,4)8-13)17-12-18-10(15)5-11(16)19-12/h5,9H,6-8H2,1-4H3,(H3,16,17,18,19). The highest BCUT2D eigenvalue weighted by atomic mass is 79.9. The second kappa shape index (κ2) is 4.93. The van der Waals surface area contributed by atoms with Crippen molar-refractivity contribution in [1.82, 2.24) is 9.97 Å². The maximum Gasteiger partial charge on any atom is 0.225 e. The van der Waals surface area contributed by atoms with Gasteiger partial charge < -0.3 is 11.1 Å². The van der Waals surface area contributed by atoms with E-state index in [0.29, 0.717) is 28.6 Å². The van der Waals surface area contributed by atoms with Gasteiger partial charge >= 0.3 is 0 Å². The van der Waals surface area contributed by atoms with Gasteiger partial charge in [0.15, 0.2) is 0 Å². The van der Waals surface area contributed by atoms with E-state index in [2.05, 4.69) is 58.9 Å². The molecule has 0 radical (unpaired) electrons. The zero-order chi connectivity index (χ0) is 14.3. The van der Waals surface area contributed by atoms with Gasteiger partial charge in [-0.15, -0.1) is 0 Å². The van der Waals surface area contributed by atoms with Crippen LogP contribution in [0.5, 0.6) is 0 Å². The zero-order valence-corrected chi connectivity index (χ0v) is 13.7. The van der Waals surface area contributed by atoms with Gasteiger partial charge in [0.2, 0.25) is 5.95 Å². The molecular formula is C14H23BrN4. The van der Waals surface area contributed by atoms with Crippen LogP contribution in [-0.4, -0.2) is 16.0 Å². The predicted octanol–water partition coefficient (Wildman–Crippen LogP) is 3.84. The molecule has 0 aliphatic heterocycles. The monoisotopic (exact) mass is 326 g/mol. The molecule has 0 atom stereocenters. The number of anilines is 2. The van der Waals surface area contributed by atoms with Crippen LogP contribution in [0.25, 0.3) is 0 Å². The van der Waals surface area contributed by atoms with Crippen molar-refractivity contribution in [1.29, 1.82) is 0 Å². The summed E-state index contributed by atoms with van der Waals surface area (Å²) >= 11 is 3.35. The molecule has 1 fully saturated rings. The van der Waals surface area contributed by atoms with Crippen LogP contribution in [0, 0.1) is 10.8 Å². The van der Waals surface area contributed by atoms with Crippen molar-refractivity contribution in [2.75, 3.05) is 11.1 Å². The lowest BCUT2D eigenvalue weighted by molar-refractivity contribution is 0.105. The third-order valence-corrected chi connectivity index (χ3v) is 4.01. The number of hydrogen-bond donors (Lipinski definition) is 2. The lowest BCUT2D eigenvalue weighted by Crippen LogP contribution is -2.40. The molecule has 3 N–H and O–H groups in total. The number of nitrogen functional groups attached to an aromatic ring is 1. The SMILES string of the molecule is CC1(C)CC(Nc2nc(N)cc(Br)n2)CC(C)(C)C1. The number of nitrogens with two attached hydrogens (primary N) is 1. The summed E-state index contributed by atoms with van der Waals surface area (Å²) in [7, 11) is 0. The molecule has 4 nitrogen and oxygen atoms in total. The Kier molecular flexibility index (Phi) is 3.78. The van der Waals surface area contributed by atoms with Crippen LogP contribution >= 0.6 is 15.9 Å². The van der Waals surface area contributed by atoms with Gasteiger partial charge in [0.25, 0.3) is 0 Å². The molecule has 0 bridgehead atoms. The Morgan fingerprint density at radius 1 is 1.21 bits per heavy atom. The fourth-order valence-electron chi connectivity index (χ4n) is 3.63. The summed E-state index contributed by atoms with van der Waals surface area (Å²) in [5, 5.41) is 3.44. The Morgan fingerprint density at radius 3 is 2.32 bits per heavy atom. The van der Waals surface area contributed by atoms with Crippen LogP contribution in [0.3, 0.4) is 0 Å². The topological polar surface area (TPSA) is 63.8 Å². The molecule has 1 heterocycles. The first-order valence-corrected chi connectivity index (χ1v) is 7.51. The lowest BCUT2D eigenvalue weighted by atomic mass is 9.63. The van der Waals surface area contributed by atoms with Crippen LogP contribution in [0.2, 0.25) is 0 Å². The fraction of sp³-hybridized carbons (Fsp3) is 0.714. The Labute approximate surface area is 123 Å². The first-order chi connectivity index (χ1) is 8.65. The van der Waals surface area contributed by atoms with Gasteiger partial charge in [-0.3, -0.25) is 0 Å². The van der Waals surface area contributed by atoms with Crippen molar-refractivity contribution in [3.8, 4) is 0 Å². The second-order valence-corrected chi connectivity index (χ2v) is 8.01. The minimum atomic E-state index is 0.344. The van der Waals surface area contributed by atoms with E-state index < -0.39 is 0 Å². The normalized spacial score (nSPS) is 22.2. The van der Waals surface area contributed by atoms with Crippen LogP contribution in [0.1, 0.15) is 47.0 Å². The average Bonchev–Trinajstić information content (AvgIpc) is 2.08. The minimum Gasteiger partial charge on any atom is -0.383 e. The van der Waals surface area contributed by atoms with Gasteiger partial charge in [0.05, 0.1) is 0 Å². The summed E-state index contributed by atoms with van der Waals surface area (Å²) < 4.78 is 0.719. The van der Waals surface area contributed by atoms with Crippen molar-refractivity contribution in [2.24, 2.45) is 10.8 Å². The van der Waals surface area contributed by atoms with Crippen molar-refractivity contribution in [3.63, 3.8) is 0 Å². The van der Waals surface area contributed by atoms with Crippen LogP contribution < -0.4 is 11.1 Å². The number of rotatable bonds is 2. The molecule has 0 spiro atoms. The summed E-state index contributed by atoms with van der Waals surface area (Å²) in [4.78, 5) is 8.59. The maximum atomic E-state index is 5.75. The molecule has 106 valence electrons. The van der Waals surface area contributed by atoms with E-state index in [1.807, 2.05) is 0 Å². The maximum absolute atomic E-state index is 5.75. The number of halogens is 1. The number of aromatic nitrogens is 2. The molecule has 0 aromatic carbocycles. The highest BCUT2D eigenvalue weighted by Gasteiger charge is 2.38. The molecule has 2 rings (SSSR count). The molecule has 1 aliphatic rings. The van der Waals surface area contributed by atoms with E-state index in [1.165, 1.54) is 6.42 Å². The molecule has 1 saturated carbocycles. The molecule has 1 aromatic heterocycles. The summed E-state index contributed by atoms with van der Waals surface area (Å²) in [5.74, 6) is 1.10. The predicted molar refractivity (Wildman–Crippen MR) is 83.0 cm³/mol. The molecule has 1 aliphatic carbocycles. The number of nitrogens with zero attached hydrogens (tertiary/aromatic N) is 2. The third kappa shape index (κ3) is 4.06. The Hall–Kier alpha value is -0.840. The van der Waals surface area contributed by atoms with Gasteiger partial charge in [0.1, 0.15) is 10.4 Å². The van der Waals surface area contributed by atoms with Gasteiger partial charge in [-0.05, 0) is 46.0 Å². The van der Waals surface area contributed by atoms with Crippen molar-refractivity contribution in [3.05, 3.63) is 10.7 Å². The molecular weight excluding hydrogens is 304 g/mol. The highest BCUT2D eigenvalue weighted by molar-refractivity contribution is 9.10. The molecule has 0 unspecified atom stereocenters. The van der Waals surface area contributed by atoms with Crippen molar-refractivity contribution in [2.45, 2.75) is 53.0 Å². The molecule has 1 aromatic rings. The first-order valence-electron chi connectivity index (χ1n) is 6.72. The number of nitrogens with one attached hydrogen (secondary N) is 1. The Morgan fingerprint density at radius 2 is 1.79 bits per heavy atom. The molecule has 5 heteroatoms. The quantitative estimate of drug-likeness (QED) is 0.810. The molecule has 0 amide bonds. The summed E-state index contributed by atoms with van der Waals surface area (Å²) in [5.41, 5.74) is 6.44. The minimum absolute atomic E-state index is 0.344. The lowest BCUT2D eigenvalue weighted by Gasteiger charge is -2.45. The van der Waals surface area contributed by atoms with Crippen molar-refractivity contribution >= 4 is 27.7 Å². The van der Waals surface area contributed by atoms with Crippen LogP contribution in [0.15, 0.2) is 10.7 Å². The van der Waals surface area contributed by atoms with E-state index in [0.717, 1.165) is 17.4 Å². The second-order valence-electron chi connectivity index (χ2n) is 7.19. The fourth-order valence-corrected chi connectivity index (χ4v) is 4.03. The Balaban J connectivity index is 2.14. The van der Waals surface area contributed by atoms with Gasteiger partial charge in [-0.2, -0.15) is 4.98 Å². The van der Waals surface area contributed by atoms with E-state index in [4.69, 9.17) is 5.73 Å². The molecule has 0 saturated heterocycles. The zero-order valence-electron chi connectivity index (χ0n) is 12.1. The smallest absolute Gasteiger partial charge is 0.225 e. The summed E-state index contributed by atoms with van der Waals surface area (Å²) in [6, 6.07) is 2.10. The van der Waals surface area contributed by atoms with Crippen molar-refractivity contribution < 1.29 is 0 Å². The van der Waals surface area contributed by atoms with E-state index >= 15 is 0 Å². The largest absolute Gasteiger partial charge is 0.383 e.